The molecule has 5 heteroatoms. The molecule has 0 saturated heterocycles. The minimum Gasteiger partial charge on any atom is -0.391 e. The molecule has 0 radical (unpaired) electrons. The van der Waals surface area contributed by atoms with E-state index in [2.05, 4.69) is 10.6 Å². The molecule has 0 saturated carbocycles. The zero-order valence-corrected chi connectivity index (χ0v) is 10.7. The molecule has 3 N–H and O–H groups in total. The first-order valence-electron chi connectivity index (χ1n) is 5.35. The van der Waals surface area contributed by atoms with E-state index in [1.54, 1.807) is 7.05 Å². The summed E-state index contributed by atoms with van der Waals surface area (Å²) in [4.78, 5) is 11.1. The maximum atomic E-state index is 11.1. The molecule has 1 aromatic carbocycles. The minimum atomic E-state index is -0.539. The van der Waals surface area contributed by atoms with Crippen LogP contribution in [0.2, 0.25) is 0 Å². The van der Waals surface area contributed by atoms with Crippen LogP contribution in [-0.4, -0.2) is 37.3 Å². The van der Waals surface area contributed by atoms with Crippen molar-refractivity contribution in [1.29, 1.82) is 0 Å². The Morgan fingerprint density at radius 1 is 1.35 bits per heavy atom. The molecule has 1 amide bonds. The Labute approximate surface area is 108 Å². The average Bonchev–Trinajstić information content (AvgIpc) is 2.28. The van der Waals surface area contributed by atoms with Crippen LogP contribution in [0.5, 0.6) is 0 Å². The summed E-state index contributed by atoms with van der Waals surface area (Å²) >= 11 is 0. The number of carbonyl (C=O) groups excluding carboxylic acids is 1. The number of benzene rings is 1. The Balaban J connectivity index is 0.00000256. The highest BCUT2D eigenvalue weighted by Gasteiger charge is 2.06. The molecule has 1 atom stereocenters. The molecule has 4 nitrogen and oxygen atoms in total. The van der Waals surface area contributed by atoms with Gasteiger partial charge < -0.3 is 15.7 Å². The van der Waals surface area contributed by atoms with Crippen LogP contribution < -0.4 is 10.6 Å². The number of rotatable bonds is 6. The monoisotopic (exact) mass is 258 g/mol. The van der Waals surface area contributed by atoms with Crippen LogP contribution in [0.15, 0.2) is 30.3 Å². The van der Waals surface area contributed by atoms with E-state index >= 15 is 0 Å². The lowest BCUT2D eigenvalue weighted by Gasteiger charge is -2.11. The zero-order valence-electron chi connectivity index (χ0n) is 9.85. The van der Waals surface area contributed by atoms with Gasteiger partial charge in [-0.25, -0.2) is 0 Å². The van der Waals surface area contributed by atoms with Gasteiger partial charge in [-0.1, -0.05) is 30.3 Å². The molecule has 0 bridgehead atoms. The van der Waals surface area contributed by atoms with E-state index in [0.29, 0.717) is 6.42 Å². The van der Waals surface area contributed by atoms with Crippen LogP contribution in [0.25, 0.3) is 0 Å². The predicted molar refractivity (Wildman–Crippen MR) is 70.3 cm³/mol. The largest absolute Gasteiger partial charge is 0.391 e. The zero-order chi connectivity index (χ0) is 11.8. The maximum absolute atomic E-state index is 11.1. The number of amides is 1. The fourth-order valence-electron chi connectivity index (χ4n) is 1.41. The van der Waals surface area contributed by atoms with Gasteiger partial charge in [0.05, 0.1) is 12.6 Å². The molecule has 17 heavy (non-hydrogen) atoms. The van der Waals surface area contributed by atoms with Gasteiger partial charge in [0, 0.05) is 13.0 Å². The SMILES string of the molecule is CNCC(=O)NCC(O)Cc1ccccc1.Cl. The normalized spacial score (nSPS) is 11.4. The number of aliphatic hydroxyl groups is 1. The van der Waals surface area contributed by atoms with E-state index in [-0.39, 0.29) is 31.4 Å². The van der Waals surface area contributed by atoms with Crippen LogP contribution in [0.1, 0.15) is 5.56 Å². The Bertz CT molecular complexity index is 320. The van der Waals surface area contributed by atoms with Gasteiger partial charge in [0.1, 0.15) is 0 Å². The number of nitrogens with one attached hydrogen (secondary N) is 2. The highest BCUT2D eigenvalue weighted by molar-refractivity contribution is 5.85. The number of hydrogen-bond acceptors (Lipinski definition) is 3. The Morgan fingerprint density at radius 3 is 2.59 bits per heavy atom. The fourth-order valence-corrected chi connectivity index (χ4v) is 1.41. The van der Waals surface area contributed by atoms with E-state index < -0.39 is 6.10 Å². The Kier molecular flexibility index (Phi) is 8.40. The molecule has 0 spiro atoms. The molecule has 96 valence electrons. The summed E-state index contributed by atoms with van der Waals surface area (Å²) in [6.45, 7) is 0.563. The highest BCUT2D eigenvalue weighted by atomic mass is 35.5. The highest BCUT2D eigenvalue weighted by Crippen LogP contribution is 2.02. The molecule has 1 aromatic rings. The van der Waals surface area contributed by atoms with Crippen molar-refractivity contribution < 1.29 is 9.90 Å². The fraction of sp³-hybridized carbons (Fsp3) is 0.417. The Morgan fingerprint density at radius 2 is 2.00 bits per heavy atom. The van der Waals surface area contributed by atoms with E-state index in [1.807, 2.05) is 30.3 Å². The second-order valence-corrected chi connectivity index (χ2v) is 3.68. The van der Waals surface area contributed by atoms with Crippen molar-refractivity contribution >= 4 is 18.3 Å². The van der Waals surface area contributed by atoms with Gasteiger partial charge >= 0.3 is 0 Å². The molecular weight excluding hydrogens is 240 g/mol. The van der Waals surface area contributed by atoms with Crippen molar-refractivity contribution in [3.63, 3.8) is 0 Å². The van der Waals surface area contributed by atoms with Gasteiger partial charge in [0.15, 0.2) is 0 Å². The molecule has 0 fully saturated rings. The van der Waals surface area contributed by atoms with Crippen molar-refractivity contribution in [2.45, 2.75) is 12.5 Å². The molecular formula is C12H19ClN2O2. The molecule has 1 unspecified atom stereocenters. The van der Waals surface area contributed by atoms with E-state index in [9.17, 15) is 9.90 Å². The van der Waals surface area contributed by atoms with E-state index in [0.717, 1.165) is 5.56 Å². The van der Waals surface area contributed by atoms with E-state index in [4.69, 9.17) is 0 Å². The summed E-state index contributed by atoms with van der Waals surface area (Å²) in [6.07, 6.45) is 0.0175. The molecule has 0 aliphatic heterocycles. The standard InChI is InChI=1S/C12H18N2O2.ClH/c1-13-9-12(16)14-8-11(15)7-10-5-3-2-4-6-10;/h2-6,11,13,15H,7-9H2,1H3,(H,14,16);1H. The summed E-state index contributed by atoms with van der Waals surface area (Å²) in [5.74, 6) is -0.102. The van der Waals surface area contributed by atoms with Crippen LogP contribution >= 0.6 is 12.4 Å². The summed E-state index contributed by atoms with van der Waals surface area (Å²) in [5.41, 5.74) is 1.07. The predicted octanol–water partition coefficient (Wildman–Crippen LogP) is 0.347. The third-order valence-corrected chi connectivity index (χ3v) is 2.19. The summed E-state index contributed by atoms with van der Waals surface area (Å²) in [7, 11) is 1.71. The first kappa shape index (κ1) is 15.9. The van der Waals surface area contributed by atoms with Crippen LogP contribution in [0.3, 0.4) is 0 Å². The van der Waals surface area contributed by atoms with Gasteiger partial charge in [-0.15, -0.1) is 12.4 Å². The third-order valence-electron chi connectivity index (χ3n) is 2.19. The summed E-state index contributed by atoms with van der Waals surface area (Å²) in [5, 5.41) is 15.1. The summed E-state index contributed by atoms with van der Waals surface area (Å²) in [6, 6.07) is 9.71. The molecule has 0 aliphatic carbocycles. The molecule has 0 aliphatic rings. The van der Waals surface area contributed by atoms with E-state index in [1.165, 1.54) is 0 Å². The van der Waals surface area contributed by atoms with Gasteiger partial charge in [-0.2, -0.15) is 0 Å². The van der Waals surface area contributed by atoms with Gasteiger partial charge in [0.25, 0.3) is 0 Å². The molecule has 1 rings (SSSR count). The second kappa shape index (κ2) is 8.98. The number of carbonyl (C=O) groups is 1. The second-order valence-electron chi connectivity index (χ2n) is 3.68. The van der Waals surface area contributed by atoms with Crippen molar-refractivity contribution in [3.05, 3.63) is 35.9 Å². The van der Waals surface area contributed by atoms with Crippen molar-refractivity contribution in [3.8, 4) is 0 Å². The maximum Gasteiger partial charge on any atom is 0.234 e. The first-order valence-corrected chi connectivity index (χ1v) is 5.35. The number of halogens is 1. The van der Waals surface area contributed by atoms with Gasteiger partial charge in [0.2, 0.25) is 5.91 Å². The third kappa shape index (κ3) is 6.94. The molecule has 0 aromatic heterocycles. The van der Waals surface area contributed by atoms with Gasteiger partial charge in [-0.3, -0.25) is 4.79 Å². The summed E-state index contributed by atoms with van der Waals surface area (Å²) < 4.78 is 0. The van der Waals surface area contributed by atoms with Crippen molar-refractivity contribution in [2.24, 2.45) is 0 Å². The van der Waals surface area contributed by atoms with Crippen molar-refractivity contribution in [2.75, 3.05) is 20.1 Å². The first-order chi connectivity index (χ1) is 7.72. The molecule has 0 heterocycles. The quantitative estimate of drug-likeness (QED) is 0.690. The lowest BCUT2D eigenvalue weighted by molar-refractivity contribution is -0.120. The number of hydrogen-bond donors (Lipinski definition) is 3. The average molecular weight is 259 g/mol. The Hall–Kier alpha value is -1.10. The van der Waals surface area contributed by atoms with Crippen LogP contribution in [0, 0.1) is 0 Å². The van der Waals surface area contributed by atoms with Crippen LogP contribution in [-0.2, 0) is 11.2 Å². The topological polar surface area (TPSA) is 61.4 Å². The number of aliphatic hydroxyl groups excluding tert-OH is 1. The van der Waals surface area contributed by atoms with Gasteiger partial charge in [-0.05, 0) is 12.6 Å². The number of likely N-dealkylation sites (N-methyl/N-ethyl adjacent to an activating group) is 1. The smallest absolute Gasteiger partial charge is 0.234 e. The van der Waals surface area contributed by atoms with Crippen LogP contribution in [0.4, 0.5) is 0 Å². The van der Waals surface area contributed by atoms with Crippen molar-refractivity contribution in [1.82, 2.24) is 10.6 Å². The lowest BCUT2D eigenvalue weighted by Crippen LogP contribution is -2.37. The lowest BCUT2D eigenvalue weighted by atomic mass is 10.1. The minimum absolute atomic E-state index is 0.